The van der Waals surface area contributed by atoms with E-state index in [-0.39, 0.29) is 12.6 Å². The van der Waals surface area contributed by atoms with Gasteiger partial charge in [0.25, 0.3) is 0 Å². The van der Waals surface area contributed by atoms with Gasteiger partial charge in [0.2, 0.25) is 5.88 Å². The van der Waals surface area contributed by atoms with Gasteiger partial charge in [-0.2, -0.15) is 5.10 Å². The molecule has 0 N–H and O–H groups in total. The highest BCUT2D eigenvalue weighted by Crippen LogP contribution is 2.25. The molecule has 32 heavy (non-hydrogen) atoms. The second kappa shape index (κ2) is 10.1. The van der Waals surface area contributed by atoms with Crippen molar-refractivity contribution in [3.8, 4) is 11.6 Å². The number of ether oxygens (including phenoxy) is 2. The zero-order chi connectivity index (χ0) is 23.1. The Hall–Kier alpha value is -3.61. The quantitative estimate of drug-likeness (QED) is 0.255. The normalized spacial score (nSPS) is 11.5. The minimum Gasteiger partial charge on any atom is -0.456 e. The standard InChI is InChI=1S/C25H29N3O4/c1-6-25(3,4)32-24(29)20-14-12-19(13-15-20)17-30-26-16-22-18(2)27-28(5)23(22)31-21-10-8-7-9-11-21/h7-16H,6,17H2,1-5H3/b26-16+. The van der Waals surface area contributed by atoms with E-state index in [1.807, 2.05) is 77.2 Å². The minimum atomic E-state index is -0.485. The van der Waals surface area contributed by atoms with Crippen LogP contribution in [0.5, 0.6) is 11.6 Å². The summed E-state index contributed by atoms with van der Waals surface area (Å²) in [7, 11) is 1.82. The van der Waals surface area contributed by atoms with Crippen LogP contribution >= 0.6 is 0 Å². The van der Waals surface area contributed by atoms with Crippen LogP contribution in [-0.4, -0.2) is 27.6 Å². The topological polar surface area (TPSA) is 74.9 Å². The van der Waals surface area contributed by atoms with Crippen LogP contribution in [0.1, 0.15) is 54.4 Å². The molecule has 0 aliphatic carbocycles. The third-order valence-corrected chi connectivity index (χ3v) is 5.07. The van der Waals surface area contributed by atoms with Crippen molar-refractivity contribution in [1.82, 2.24) is 9.78 Å². The molecule has 0 saturated heterocycles. The molecule has 0 bridgehead atoms. The van der Waals surface area contributed by atoms with Gasteiger partial charge < -0.3 is 14.3 Å². The monoisotopic (exact) mass is 435 g/mol. The number of hydrogen-bond donors (Lipinski definition) is 0. The molecule has 0 amide bonds. The zero-order valence-electron chi connectivity index (χ0n) is 19.2. The van der Waals surface area contributed by atoms with Crippen molar-refractivity contribution in [3.63, 3.8) is 0 Å². The summed E-state index contributed by atoms with van der Waals surface area (Å²) in [5.41, 5.74) is 2.43. The molecule has 168 valence electrons. The number of rotatable bonds is 9. The van der Waals surface area contributed by atoms with Gasteiger partial charge in [-0.25, -0.2) is 9.48 Å². The van der Waals surface area contributed by atoms with Gasteiger partial charge in [-0.05, 0) is 57.0 Å². The first-order valence-corrected chi connectivity index (χ1v) is 10.5. The predicted molar refractivity (Wildman–Crippen MR) is 123 cm³/mol. The maximum absolute atomic E-state index is 12.2. The van der Waals surface area contributed by atoms with E-state index in [1.54, 1.807) is 23.0 Å². The van der Waals surface area contributed by atoms with Crippen LogP contribution in [0.3, 0.4) is 0 Å². The van der Waals surface area contributed by atoms with Crippen molar-refractivity contribution in [2.24, 2.45) is 12.2 Å². The first kappa shape index (κ1) is 23.1. The summed E-state index contributed by atoms with van der Waals surface area (Å²) in [4.78, 5) is 17.7. The average molecular weight is 436 g/mol. The number of oxime groups is 1. The minimum absolute atomic E-state index is 0.264. The van der Waals surface area contributed by atoms with Crippen molar-refractivity contribution < 1.29 is 19.1 Å². The number of esters is 1. The highest BCUT2D eigenvalue weighted by molar-refractivity contribution is 5.89. The van der Waals surface area contributed by atoms with Gasteiger partial charge in [0, 0.05) is 7.05 Å². The maximum atomic E-state index is 12.2. The Labute approximate surface area is 188 Å². The van der Waals surface area contributed by atoms with Gasteiger partial charge in [-0.1, -0.05) is 42.4 Å². The SMILES string of the molecule is CCC(C)(C)OC(=O)c1ccc(CO/N=C/c2c(C)nn(C)c2Oc2ccccc2)cc1. The fraction of sp³-hybridized carbons (Fsp3) is 0.320. The molecule has 0 fully saturated rings. The van der Waals surface area contributed by atoms with E-state index in [0.29, 0.717) is 17.2 Å². The van der Waals surface area contributed by atoms with Crippen molar-refractivity contribution >= 4 is 12.2 Å². The van der Waals surface area contributed by atoms with Gasteiger partial charge in [-0.15, -0.1) is 0 Å². The van der Waals surface area contributed by atoms with Gasteiger partial charge in [0.1, 0.15) is 18.0 Å². The lowest BCUT2D eigenvalue weighted by Gasteiger charge is -2.23. The van der Waals surface area contributed by atoms with E-state index in [0.717, 1.165) is 23.2 Å². The zero-order valence-corrected chi connectivity index (χ0v) is 19.2. The highest BCUT2D eigenvalue weighted by Gasteiger charge is 2.21. The second-order valence-electron chi connectivity index (χ2n) is 8.05. The summed E-state index contributed by atoms with van der Waals surface area (Å²) < 4.78 is 13.1. The average Bonchev–Trinajstić information content (AvgIpc) is 3.04. The van der Waals surface area contributed by atoms with Crippen LogP contribution in [0, 0.1) is 6.92 Å². The molecule has 3 rings (SSSR count). The molecule has 1 heterocycles. The fourth-order valence-corrected chi connectivity index (χ4v) is 2.84. The fourth-order valence-electron chi connectivity index (χ4n) is 2.84. The molecule has 0 spiro atoms. The molecule has 0 unspecified atom stereocenters. The van der Waals surface area contributed by atoms with Gasteiger partial charge in [0.15, 0.2) is 0 Å². The molecule has 0 radical (unpaired) electrons. The Morgan fingerprint density at radius 3 is 2.47 bits per heavy atom. The van der Waals surface area contributed by atoms with E-state index < -0.39 is 5.60 Å². The Morgan fingerprint density at radius 1 is 1.12 bits per heavy atom. The first-order valence-electron chi connectivity index (χ1n) is 10.5. The number of aromatic nitrogens is 2. The number of aryl methyl sites for hydroxylation is 2. The summed E-state index contributed by atoms with van der Waals surface area (Å²) in [6.45, 7) is 7.92. The second-order valence-corrected chi connectivity index (χ2v) is 8.05. The van der Waals surface area contributed by atoms with E-state index in [2.05, 4.69) is 10.3 Å². The van der Waals surface area contributed by atoms with Crippen molar-refractivity contribution in [2.45, 2.75) is 46.3 Å². The Morgan fingerprint density at radius 2 is 1.81 bits per heavy atom. The van der Waals surface area contributed by atoms with E-state index in [1.165, 1.54) is 0 Å². The predicted octanol–water partition coefficient (Wildman–Crippen LogP) is 5.42. The largest absolute Gasteiger partial charge is 0.456 e. The molecular formula is C25H29N3O4. The Balaban J connectivity index is 1.60. The van der Waals surface area contributed by atoms with Crippen LogP contribution < -0.4 is 4.74 Å². The van der Waals surface area contributed by atoms with Crippen LogP contribution in [0.15, 0.2) is 59.8 Å². The smallest absolute Gasteiger partial charge is 0.338 e. The van der Waals surface area contributed by atoms with Crippen LogP contribution in [0.25, 0.3) is 0 Å². The van der Waals surface area contributed by atoms with Crippen molar-refractivity contribution in [1.29, 1.82) is 0 Å². The molecule has 3 aromatic rings. The third kappa shape index (κ3) is 5.97. The van der Waals surface area contributed by atoms with Crippen molar-refractivity contribution in [3.05, 3.63) is 77.0 Å². The number of nitrogens with zero attached hydrogens (tertiary/aromatic N) is 3. The molecular weight excluding hydrogens is 406 g/mol. The number of benzene rings is 2. The first-order chi connectivity index (χ1) is 15.3. The summed E-state index contributed by atoms with van der Waals surface area (Å²) in [6.07, 6.45) is 2.34. The summed E-state index contributed by atoms with van der Waals surface area (Å²) in [6, 6.07) is 16.6. The molecule has 0 aliphatic heterocycles. The lowest BCUT2D eigenvalue weighted by molar-refractivity contribution is -0.00244. The van der Waals surface area contributed by atoms with E-state index >= 15 is 0 Å². The summed E-state index contributed by atoms with van der Waals surface area (Å²) >= 11 is 0. The lowest BCUT2D eigenvalue weighted by atomic mass is 10.1. The van der Waals surface area contributed by atoms with Crippen LogP contribution in [0.2, 0.25) is 0 Å². The molecule has 0 atom stereocenters. The number of hydrogen-bond acceptors (Lipinski definition) is 6. The van der Waals surface area contributed by atoms with Gasteiger partial charge >= 0.3 is 5.97 Å². The van der Waals surface area contributed by atoms with Gasteiger partial charge in [-0.3, -0.25) is 0 Å². The number of para-hydroxylation sites is 1. The maximum Gasteiger partial charge on any atom is 0.338 e. The van der Waals surface area contributed by atoms with Crippen LogP contribution in [0.4, 0.5) is 0 Å². The molecule has 2 aromatic carbocycles. The number of carbonyl (C=O) groups is 1. The molecule has 7 heteroatoms. The Kier molecular flexibility index (Phi) is 7.30. The molecule has 7 nitrogen and oxygen atoms in total. The van der Waals surface area contributed by atoms with Gasteiger partial charge in [0.05, 0.1) is 23.0 Å². The molecule has 0 aliphatic rings. The van der Waals surface area contributed by atoms with Crippen LogP contribution in [-0.2, 0) is 23.2 Å². The number of carbonyl (C=O) groups excluding carboxylic acids is 1. The van der Waals surface area contributed by atoms with E-state index in [9.17, 15) is 4.79 Å². The Bertz CT molecular complexity index is 1070. The van der Waals surface area contributed by atoms with E-state index in [4.69, 9.17) is 14.3 Å². The third-order valence-electron chi connectivity index (χ3n) is 5.07. The molecule has 0 saturated carbocycles. The molecule has 1 aromatic heterocycles. The summed E-state index contributed by atoms with van der Waals surface area (Å²) in [5, 5.41) is 8.48. The van der Waals surface area contributed by atoms with Crippen molar-refractivity contribution in [2.75, 3.05) is 0 Å². The summed E-state index contributed by atoms with van der Waals surface area (Å²) in [5.74, 6) is 0.964. The highest BCUT2D eigenvalue weighted by atomic mass is 16.6. The lowest BCUT2D eigenvalue weighted by Crippen LogP contribution is -2.27.